The number of hydrogen-bond acceptors (Lipinski definition) is 3. The second kappa shape index (κ2) is 6.75. The minimum Gasteiger partial charge on any atom is -0.496 e. The predicted octanol–water partition coefficient (Wildman–Crippen LogP) is 2.14. The van der Waals surface area contributed by atoms with E-state index in [2.05, 4.69) is 5.32 Å². The van der Waals surface area contributed by atoms with E-state index >= 15 is 0 Å². The molecule has 0 spiro atoms. The summed E-state index contributed by atoms with van der Waals surface area (Å²) in [4.78, 5) is 12.0. The van der Waals surface area contributed by atoms with Crippen LogP contribution in [0.2, 0.25) is 0 Å². The lowest BCUT2D eigenvalue weighted by molar-refractivity contribution is -0.122. The Hall–Kier alpha value is -1.55. The number of carbonyl (C=O) groups excluding carboxylic acids is 1. The summed E-state index contributed by atoms with van der Waals surface area (Å²) in [6, 6.07) is 6.19. The van der Waals surface area contributed by atoms with E-state index in [1.807, 2.05) is 25.1 Å². The topological polar surface area (TPSA) is 64.3 Å². The number of ether oxygens (including phenoxy) is 1. The van der Waals surface area contributed by atoms with Crippen LogP contribution < -0.4 is 15.8 Å². The fourth-order valence-electron chi connectivity index (χ4n) is 2.82. The van der Waals surface area contributed by atoms with Gasteiger partial charge in [0, 0.05) is 24.6 Å². The van der Waals surface area contributed by atoms with Crippen LogP contribution in [0.15, 0.2) is 18.2 Å². The zero-order valence-corrected chi connectivity index (χ0v) is 12.3. The summed E-state index contributed by atoms with van der Waals surface area (Å²) in [6.45, 7) is 2.52. The summed E-state index contributed by atoms with van der Waals surface area (Å²) < 4.78 is 5.34. The number of carbonyl (C=O) groups is 1. The maximum Gasteiger partial charge on any atom is 0.220 e. The molecule has 2 atom stereocenters. The van der Waals surface area contributed by atoms with Gasteiger partial charge in [-0.25, -0.2) is 0 Å². The van der Waals surface area contributed by atoms with Crippen molar-refractivity contribution < 1.29 is 9.53 Å². The molecule has 0 saturated heterocycles. The third kappa shape index (κ3) is 3.73. The van der Waals surface area contributed by atoms with Crippen molar-refractivity contribution in [3.63, 3.8) is 0 Å². The lowest BCUT2D eigenvalue weighted by Crippen LogP contribution is -2.31. The number of methoxy groups -OCH3 is 1. The summed E-state index contributed by atoms with van der Waals surface area (Å²) in [7, 11) is 1.65. The standard InChI is InChI=1S/C16H24N2O2/c1-11-6-7-13(15(8-11)20-2)10-18-16(19)9-12-4-3-5-14(12)17/h6-8,12,14H,3-5,9-10,17H2,1-2H3,(H,18,19)/t12-,14+/m0/s1. The van der Waals surface area contributed by atoms with E-state index in [0.29, 0.717) is 18.9 Å². The van der Waals surface area contributed by atoms with E-state index in [4.69, 9.17) is 10.5 Å². The van der Waals surface area contributed by atoms with E-state index in [-0.39, 0.29) is 11.9 Å². The van der Waals surface area contributed by atoms with Crippen LogP contribution in [-0.4, -0.2) is 19.1 Å². The van der Waals surface area contributed by atoms with Crippen LogP contribution in [0, 0.1) is 12.8 Å². The summed E-state index contributed by atoms with van der Waals surface area (Å²) in [5, 5.41) is 2.97. The highest BCUT2D eigenvalue weighted by atomic mass is 16.5. The minimum atomic E-state index is 0.0787. The Kier molecular flexibility index (Phi) is 5.01. The molecule has 0 radical (unpaired) electrons. The average Bonchev–Trinajstić information content (AvgIpc) is 2.82. The molecule has 0 unspecified atom stereocenters. The molecule has 1 saturated carbocycles. The number of rotatable bonds is 5. The second-order valence-electron chi connectivity index (χ2n) is 5.65. The zero-order valence-electron chi connectivity index (χ0n) is 12.3. The molecule has 1 aromatic rings. The molecular weight excluding hydrogens is 252 g/mol. The normalized spacial score (nSPS) is 21.8. The lowest BCUT2D eigenvalue weighted by Gasteiger charge is -2.15. The molecule has 4 nitrogen and oxygen atoms in total. The van der Waals surface area contributed by atoms with E-state index < -0.39 is 0 Å². The van der Waals surface area contributed by atoms with Crippen molar-refractivity contribution in [3.05, 3.63) is 29.3 Å². The quantitative estimate of drug-likeness (QED) is 0.866. The van der Waals surface area contributed by atoms with Gasteiger partial charge in [-0.05, 0) is 37.3 Å². The second-order valence-corrected chi connectivity index (χ2v) is 5.65. The van der Waals surface area contributed by atoms with Gasteiger partial charge in [-0.1, -0.05) is 18.6 Å². The van der Waals surface area contributed by atoms with Crippen molar-refractivity contribution in [2.24, 2.45) is 11.7 Å². The van der Waals surface area contributed by atoms with Crippen LogP contribution in [0.4, 0.5) is 0 Å². The van der Waals surface area contributed by atoms with Crippen LogP contribution in [0.1, 0.15) is 36.8 Å². The van der Waals surface area contributed by atoms with Crippen molar-refractivity contribution in [2.75, 3.05) is 7.11 Å². The summed E-state index contributed by atoms with van der Waals surface area (Å²) in [5.74, 6) is 1.24. The van der Waals surface area contributed by atoms with Crippen molar-refractivity contribution in [1.29, 1.82) is 0 Å². The van der Waals surface area contributed by atoms with E-state index in [9.17, 15) is 4.79 Å². The van der Waals surface area contributed by atoms with Gasteiger partial charge < -0.3 is 15.8 Å². The van der Waals surface area contributed by atoms with Crippen LogP contribution in [0.25, 0.3) is 0 Å². The molecule has 3 N–H and O–H groups in total. The van der Waals surface area contributed by atoms with Gasteiger partial charge in [0.25, 0.3) is 0 Å². The number of benzene rings is 1. The fraction of sp³-hybridized carbons (Fsp3) is 0.562. The molecule has 2 rings (SSSR count). The molecule has 4 heteroatoms. The average molecular weight is 276 g/mol. The summed E-state index contributed by atoms with van der Waals surface area (Å²) in [6.07, 6.45) is 3.80. The number of amides is 1. The van der Waals surface area contributed by atoms with Crippen molar-refractivity contribution in [3.8, 4) is 5.75 Å². The SMILES string of the molecule is COc1cc(C)ccc1CNC(=O)C[C@@H]1CCC[C@H]1N. The lowest BCUT2D eigenvalue weighted by atomic mass is 10.00. The largest absolute Gasteiger partial charge is 0.496 e. The van der Waals surface area contributed by atoms with Gasteiger partial charge in [0.1, 0.15) is 5.75 Å². The first-order valence-electron chi connectivity index (χ1n) is 7.26. The summed E-state index contributed by atoms with van der Waals surface area (Å²) >= 11 is 0. The monoisotopic (exact) mass is 276 g/mol. The molecule has 20 heavy (non-hydrogen) atoms. The highest BCUT2D eigenvalue weighted by Crippen LogP contribution is 2.26. The highest BCUT2D eigenvalue weighted by molar-refractivity contribution is 5.76. The van der Waals surface area contributed by atoms with Gasteiger partial charge in [-0.15, -0.1) is 0 Å². The Bertz CT molecular complexity index is 474. The highest BCUT2D eigenvalue weighted by Gasteiger charge is 2.25. The number of hydrogen-bond donors (Lipinski definition) is 2. The molecule has 1 fully saturated rings. The number of nitrogens with one attached hydrogen (secondary N) is 1. The predicted molar refractivity (Wildman–Crippen MR) is 79.5 cm³/mol. The van der Waals surface area contributed by atoms with Crippen molar-refractivity contribution in [1.82, 2.24) is 5.32 Å². The Morgan fingerprint density at radius 1 is 1.45 bits per heavy atom. The van der Waals surface area contributed by atoms with Gasteiger partial charge >= 0.3 is 0 Å². The van der Waals surface area contributed by atoms with E-state index in [1.165, 1.54) is 0 Å². The van der Waals surface area contributed by atoms with Gasteiger partial charge in [-0.3, -0.25) is 4.79 Å². The Morgan fingerprint density at radius 2 is 2.25 bits per heavy atom. The Balaban J connectivity index is 1.87. The molecule has 0 heterocycles. The van der Waals surface area contributed by atoms with Crippen molar-refractivity contribution >= 4 is 5.91 Å². The van der Waals surface area contributed by atoms with Gasteiger partial charge in [0.05, 0.1) is 7.11 Å². The first-order valence-corrected chi connectivity index (χ1v) is 7.26. The fourth-order valence-corrected chi connectivity index (χ4v) is 2.82. The van der Waals surface area contributed by atoms with Crippen molar-refractivity contribution in [2.45, 2.75) is 45.2 Å². The van der Waals surface area contributed by atoms with Gasteiger partial charge in [0.2, 0.25) is 5.91 Å². The maximum atomic E-state index is 12.0. The summed E-state index contributed by atoms with van der Waals surface area (Å²) in [5.41, 5.74) is 8.15. The maximum absolute atomic E-state index is 12.0. The molecular formula is C16H24N2O2. The molecule has 1 amide bonds. The number of aryl methyl sites for hydroxylation is 1. The Morgan fingerprint density at radius 3 is 2.90 bits per heavy atom. The van der Waals surface area contributed by atoms with Crippen LogP contribution in [-0.2, 0) is 11.3 Å². The van der Waals surface area contributed by atoms with Crippen LogP contribution in [0.3, 0.4) is 0 Å². The first-order chi connectivity index (χ1) is 9.60. The van der Waals surface area contributed by atoms with Gasteiger partial charge in [0.15, 0.2) is 0 Å². The molecule has 1 aromatic carbocycles. The third-order valence-corrected chi connectivity index (χ3v) is 4.08. The van der Waals surface area contributed by atoms with Crippen LogP contribution in [0.5, 0.6) is 5.75 Å². The smallest absolute Gasteiger partial charge is 0.220 e. The minimum absolute atomic E-state index is 0.0787. The molecule has 0 bridgehead atoms. The molecule has 0 aliphatic heterocycles. The van der Waals surface area contributed by atoms with Crippen LogP contribution >= 0.6 is 0 Å². The zero-order chi connectivity index (χ0) is 14.5. The number of nitrogens with two attached hydrogens (primary N) is 1. The van der Waals surface area contributed by atoms with E-state index in [0.717, 1.165) is 36.1 Å². The molecule has 1 aliphatic rings. The first kappa shape index (κ1) is 14.9. The Labute approximate surface area is 120 Å². The van der Waals surface area contributed by atoms with E-state index in [1.54, 1.807) is 7.11 Å². The third-order valence-electron chi connectivity index (χ3n) is 4.08. The molecule has 1 aliphatic carbocycles. The molecule has 110 valence electrons. The van der Waals surface area contributed by atoms with Gasteiger partial charge in [-0.2, -0.15) is 0 Å². The molecule has 0 aromatic heterocycles.